The lowest BCUT2D eigenvalue weighted by Gasteiger charge is -2.17. The van der Waals surface area contributed by atoms with Crippen LogP contribution in [-0.4, -0.2) is 66.9 Å². The summed E-state index contributed by atoms with van der Waals surface area (Å²) in [6.07, 6.45) is 6.36. The number of aliphatic hydroxyl groups is 1. The van der Waals surface area contributed by atoms with E-state index in [1.54, 1.807) is 28.2 Å². The second-order valence-electron chi connectivity index (χ2n) is 7.20. The molecular weight excluding hydrogens is 410 g/mol. The summed E-state index contributed by atoms with van der Waals surface area (Å²) in [5.41, 5.74) is 1.26. The number of likely N-dealkylation sites (tertiary alicyclic amines) is 1. The van der Waals surface area contributed by atoms with E-state index in [4.69, 9.17) is 16.3 Å². The number of carbonyl (C=O) groups excluding carboxylic acids is 1. The smallest absolute Gasteiger partial charge is 0.245 e. The molecule has 3 aromatic heterocycles. The number of aromatic nitrogens is 5. The number of aromatic amines is 1. The van der Waals surface area contributed by atoms with Gasteiger partial charge in [-0.25, -0.2) is 0 Å². The predicted molar refractivity (Wildman–Crippen MR) is 112 cm³/mol. The Bertz CT molecular complexity index is 1080. The van der Waals surface area contributed by atoms with Gasteiger partial charge >= 0.3 is 0 Å². The van der Waals surface area contributed by atoms with E-state index in [0.717, 1.165) is 5.69 Å². The predicted octanol–water partition coefficient (Wildman–Crippen LogP) is 1.72. The Morgan fingerprint density at radius 3 is 2.97 bits per heavy atom. The molecule has 30 heavy (non-hydrogen) atoms. The highest BCUT2D eigenvalue weighted by Crippen LogP contribution is 2.32. The summed E-state index contributed by atoms with van der Waals surface area (Å²) in [5, 5.41) is 17.9. The normalized spacial score (nSPS) is 18.7. The first kappa shape index (κ1) is 20.2. The number of ether oxygens (including phenoxy) is 1. The van der Waals surface area contributed by atoms with Crippen LogP contribution < -0.4 is 10.1 Å². The molecule has 10 nitrogen and oxygen atoms in total. The summed E-state index contributed by atoms with van der Waals surface area (Å²) < 4.78 is 7.69. The number of hydrogen-bond acceptors (Lipinski definition) is 7. The van der Waals surface area contributed by atoms with Gasteiger partial charge in [-0.1, -0.05) is 18.2 Å². The molecule has 1 aliphatic heterocycles. The van der Waals surface area contributed by atoms with Gasteiger partial charge in [0.1, 0.15) is 5.65 Å². The van der Waals surface area contributed by atoms with Crippen molar-refractivity contribution >= 4 is 40.2 Å². The molecule has 1 aliphatic rings. The molecule has 3 aromatic rings. The summed E-state index contributed by atoms with van der Waals surface area (Å²) in [5.74, 6) is 0.370. The van der Waals surface area contributed by atoms with Crippen LogP contribution in [0.25, 0.3) is 11.0 Å². The van der Waals surface area contributed by atoms with Crippen molar-refractivity contribution < 1.29 is 14.6 Å². The Balaban J connectivity index is 1.56. The number of nitrogens with zero attached hydrogens (tertiary/aromatic N) is 5. The van der Waals surface area contributed by atoms with E-state index in [1.807, 2.05) is 7.05 Å². The van der Waals surface area contributed by atoms with Crippen molar-refractivity contribution in [2.24, 2.45) is 18.9 Å². The summed E-state index contributed by atoms with van der Waals surface area (Å²) >= 11 is 6.30. The second-order valence-corrected chi connectivity index (χ2v) is 7.61. The first-order valence-electron chi connectivity index (χ1n) is 9.43. The van der Waals surface area contributed by atoms with Crippen LogP contribution in [0, 0.1) is 11.8 Å². The molecule has 2 atom stereocenters. The Morgan fingerprint density at radius 1 is 1.47 bits per heavy atom. The molecule has 0 unspecified atom stereocenters. The van der Waals surface area contributed by atoms with E-state index in [1.165, 1.54) is 6.08 Å². The summed E-state index contributed by atoms with van der Waals surface area (Å²) in [4.78, 5) is 25.5. The summed E-state index contributed by atoms with van der Waals surface area (Å²) in [6, 6.07) is 0. The maximum Gasteiger partial charge on any atom is 0.245 e. The zero-order valence-corrected chi connectivity index (χ0v) is 17.1. The zero-order valence-electron chi connectivity index (χ0n) is 16.4. The van der Waals surface area contributed by atoms with E-state index in [2.05, 4.69) is 31.9 Å². The fourth-order valence-corrected chi connectivity index (χ4v) is 3.79. The van der Waals surface area contributed by atoms with Crippen molar-refractivity contribution in [1.29, 1.82) is 0 Å². The topological polar surface area (TPSA) is 121 Å². The zero-order chi connectivity index (χ0) is 21.3. The molecular formula is C19H22ClN7O3. The first-order valence-corrected chi connectivity index (χ1v) is 9.81. The fraction of sp³-hybridized carbons (Fsp3) is 0.368. The molecule has 0 aromatic carbocycles. The fourth-order valence-electron chi connectivity index (χ4n) is 3.57. The van der Waals surface area contributed by atoms with E-state index in [9.17, 15) is 9.90 Å². The van der Waals surface area contributed by atoms with E-state index >= 15 is 0 Å². The van der Waals surface area contributed by atoms with Crippen LogP contribution >= 0.6 is 11.6 Å². The summed E-state index contributed by atoms with van der Waals surface area (Å²) in [6.45, 7) is 4.70. The number of aryl methyl sites for hydroxylation is 1. The maximum absolute atomic E-state index is 11.9. The maximum atomic E-state index is 11.9. The van der Waals surface area contributed by atoms with Gasteiger partial charge < -0.3 is 25.0 Å². The highest BCUT2D eigenvalue weighted by Gasteiger charge is 2.34. The van der Waals surface area contributed by atoms with Gasteiger partial charge in [-0.05, 0) is 6.08 Å². The van der Waals surface area contributed by atoms with Crippen molar-refractivity contribution in [3.63, 3.8) is 0 Å². The number of anilines is 2. The van der Waals surface area contributed by atoms with Gasteiger partial charge in [0.15, 0.2) is 0 Å². The van der Waals surface area contributed by atoms with Crippen molar-refractivity contribution in [2.45, 2.75) is 0 Å². The average molecular weight is 432 g/mol. The Kier molecular flexibility index (Phi) is 5.60. The minimum absolute atomic E-state index is 0.0349. The lowest BCUT2D eigenvalue weighted by atomic mass is 9.98. The first-order chi connectivity index (χ1) is 14.5. The number of H-pyrrole nitrogens is 1. The molecule has 158 valence electrons. The largest absolute Gasteiger partial charge is 0.477 e. The van der Waals surface area contributed by atoms with E-state index in [-0.39, 0.29) is 31.0 Å². The molecule has 3 N–H and O–H groups in total. The van der Waals surface area contributed by atoms with Gasteiger partial charge in [-0.15, -0.1) is 0 Å². The molecule has 1 amide bonds. The van der Waals surface area contributed by atoms with Crippen LogP contribution in [0.3, 0.4) is 0 Å². The molecule has 1 saturated heterocycles. The van der Waals surface area contributed by atoms with Gasteiger partial charge in [0, 0.05) is 51.0 Å². The molecule has 0 bridgehead atoms. The van der Waals surface area contributed by atoms with Crippen LogP contribution in [0.15, 0.2) is 31.2 Å². The highest BCUT2D eigenvalue weighted by molar-refractivity contribution is 6.35. The molecule has 4 heterocycles. The molecule has 4 rings (SSSR count). The Morgan fingerprint density at radius 2 is 2.27 bits per heavy atom. The van der Waals surface area contributed by atoms with Gasteiger partial charge in [-0.2, -0.15) is 15.1 Å². The van der Waals surface area contributed by atoms with Gasteiger partial charge in [0.25, 0.3) is 0 Å². The van der Waals surface area contributed by atoms with Crippen LogP contribution in [0.4, 0.5) is 11.6 Å². The third-order valence-electron chi connectivity index (χ3n) is 5.14. The van der Waals surface area contributed by atoms with Crippen LogP contribution in [-0.2, 0) is 11.8 Å². The Labute approximate surface area is 177 Å². The van der Waals surface area contributed by atoms with Crippen LogP contribution in [0.2, 0.25) is 5.02 Å². The quantitative estimate of drug-likeness (QED) is 0.487. The van der Waals surface area contributed by atoms with E-state index < -0.39 is 0 Å². The van der Waals surface area contributed by atoms with Gasteiger partial charge in [0.05, 0.1) is 28.9 Å². The molecule has 11 heteroatoms. The molecule has 1 fully saturated rings. The molecule has 0 aliphatic carbocycles. The average Bonchev–Trinajstić information content (AvgIpc) is 3.44. The van der Waals surface area contributed by atoms with E-state index in [0.29, 0.717) is 41.0 Å². The van der Waals surface area contributed by atoms with Gasteiger partial charge in [0.2, 0.25) is 17.7 Å². The van der Waals surface area contributed by atoms with Gasteiger partial charge in [-0.3, -0.25) is 9.48 Å². The van der Waals surface area contributed by atoms with Crippen LogP contribution in [0.5, 0.6) is 5.88 Å². The third-order valence-corrected chi connectivity index (χ3v) is 5.44. The SMILES string of the molecule is C=CC(=O)N1C[C@H](CO)[C@@H](COc2nc(Nc3cnn(C)c3)nc3[nH]cc(Cl)c23)C1. The number of halogens is 1. The monoisotopic (exact) mass is 431 g/mol. The number of aliphatic hydroxyl groups excluding tert-OH is 1. The lowest BCUT2D eigenvalue weighted by molar-refractivity contribution is -0.125. The molecule has 0 radical (unpaired) electrons. The second kappa shape index (κ2) is 8.33. The molecule has 0 spiro atoms. The molecule has 0 saturated carbocycles. The number of carbonyl (C=O) groups is 1. The lowest BCUT2D eigenvalue weighted by Crippen LogP contribution is -2.27. The minimum atomic E-state index is -0.156. The number of fused-ring (bicyclic) bond motifs is 1. The van der Waals surface area contributed by atoms with Crippen molar-refractivity contribution in [2.75, 3.05) is 31.6 Å². The number of rotatable bonds is 7. The van der Waals surface area contributed by atoms with Crippen molar-refractivity contribution in [3.05, 3.63) is 36.3 Å². The van der Waals surface area contributed by atoms with Crippen LogP contribution in [0.1, 0.15) is 0 Å². The Hall–Kier alpha value is -3.11. The summed E-state index contributed by atoms with van der Waals surface area (Å²) in [7, 11) is 1.81. The number of amides is 1. The standard InChI is InChI=1S/C19H22ClN7O3/c1-3-15(29)27-6-11(9-28)12(7-27)10-30-18-16-14(20)5-21-17(16)24-19(25-18)23-13-4-22-26(2)8-13/h3-5,8,11-12,28H,1,6-7,9-10H2,2H3,(H2,21,23,24,25)/t11-,12-/m1/s1. The number of hydrogen-bond donors (Lipinski definition) is 3. The minimum Gasteiger partial charge on any atom is -0.477 e. The number of nitrogens with one attached hydrogen (secondary N) is 2. The highest BCUT2D eigenvalue weighted by atomic mass is 35.5. The van der Waals surface area contributed by atoms with Crippen molar-refractivity contribution in [1.82, 2.24) is 29.6 Å². The van der Waals surface area contributed by atoms with Crippen molar-refractivity contribution in [3.8, 4) is 5.88 Å². The third kappa shape index (κ3) is 3.96.